The Morgan fingerprint density at radius 3 is 2.92 bits per heavy atom. The lowest BCUT2D eigenvalue weighted by atomic mass is 10.2. The fourth-order valence-corrected chi connectivity index (χ4v) is 2.59. The Kier molecular flexibility index (Phi) is 4.66. The molecule has 1 amide bonds. The number of aromatic nitrogens is 3. The number of imidazole rings is 1. The molecule has 0 unspecified atom stereocenters. The molecule has 7 heteroatoms. The van der Waals surface area contributed by atoms with Crippen molar-refractivity contribution < 1.29 is 9.53 Å². The molecular weight excluding hydrogens is 328 g/mol. The molecule has 0 aliphatic heterocycles. The van der Waals surface area contributed by atoms with Crippen LogP contribution in [-0.2, 0) is 6.54 Å². The number of carbonyl (C=O) groups excluding carboxylic acids is 1. The Balaban J connectivity index is 1.85. The van der Waals surface area contributed by atoms with Gasteiger partial charge in [0.25, 0.3) is 5.91 Å². The highest BCUT2D eigenvalue weighted by Gasteiger charge is 2.18. The Bertz CT molecular complexity index is 874. The maximum atomic E-state index is 12.6. The first-order valence-electron chi connectivity index (χ1n) is 7.59. The largest absolute Gasteiger partial charge is 0.490 e. The number of carbonyl (C=O) groups is 1. The van der Waals surface area contributed by atoms with Gasteiger partial charge in [0.15, 0.2) is 11.4 Å². The average Bonchev–Trinajstić information content (AvgIpc) is 2.91. The highest BCUT2D eigenvalue weighted by atomic mass is 35.5. The van der Waals surface area contributed by atoms with E-state index in [1.165, 1.54) is 0 Å². The maximum absolute atomic E-state index is 12.6. The summed E-state index contributed by atoms with van der Waals surface area (Å²) in [5.74, 6) is 0.452. The van der Waals surface area contributed by atoms with Gasteiger partial charge in [-0.1, -0.05) is 17.7 Å². The van der Waals surface area contributed by atoms with E-state index in [2.05, 4.69) is 15.3 Å². The average molecular weight is 345 g/mol. The van der Waals surface area contributed by atoms with Crippen LogP contribution in [0.4, 0.5) is 0 Å². The number of ether oxygens (including phenoxy) is 1. The lowest BCUT2D eigenvalue weighted by Crippen LogP contribution is -2.25. The van der Waals surface area contributed by atoms with E-state index < -0.39 is 0 Å². The summed E-state index contributed by atoms with van der Waals surface area (Å²) < 4.78 is 7.32. The van der Waals surface area contributed by atoms with Gasteiger partial charge in [0, 0.05) is 18.9 Å². The number of fused-ring (bicyclic) bond motifs is 1. The monoisotopic (exact) mass is 344 g/mol. The van der Waals surface area contributed by atoms with Crippen molar-refractivity contribution in [1.82, 2.24) is 19.7 Å². The Hall–Kier alpha value is -2.60. The number of nitrogens with zero attached hydrogens (tertiary/aromatic N) is 3. The molecule has 0 saturated heterocycles. The highest BCUT2D eigenvalue weighted by Crippen LogP contribution is 2.22. The molecule has 3 rings (SSSR count). The first-order chi connectivity index (χ1) is 11.6. The number of hydrogen-bond acceptors (Lipinski definition) is 4. The molecule has 3 aromatic heterocycles. The maximum Gasteiger partial charge on any atom is 0.270 e. The third kappa shape index (κ3) is 3.19. The summed E-state index contributed by atoms with van der Waals surface area (Å²) >= 11 is 5.76. The fourth-order valence-electron chi connectivity index (χ4n) is 2.47. The fraction of sp³-hybridized carbons (Fsp3) is 0.235. The summed E-state index contributed by atoms with van der Waals surface area (Å²) in [4.78, 5) is 21.1. The van der Waals surface area contributed by atoms with Crippen molar-refractivity contribution in [2.24, 2.45) is 0 Å². The van der Waals surface area contributed by atoms with Crippen LogP contribution in [0.25, 0.3) is 5.65 Å². The number of hydrogen-bond donors (Lipinski definition) is 1. The van der Waals surface area contributed by atoms with Crippen LogP contribution in [0.3, 0.4) is 0 Å². The number of rotatable bonds is 5. The van der Waals surface area contributed by atoms with E-state index in [0.717, 1.165) is 5.56 Å². The molecule has 1 N–H and O–H groups in total. The van der Waals surface area contributed by atoms with Crippen LogP contribution in [-0.4, -0.2) is 26.9 Å². The molecule has 24 heavy (non-hydrogen) atoms. The van der Waals surface area contributed by atoms with E-state index >= 15 is 0 Å². The van der Waals surface area contributed by atoms with E-state index in [-0.39, 0.29) is 5.91 Å². The zero-order chi connectivity index (χ0) is 17.1. The van der Waals surface area contributed by atoms with Crippen molar-refractivity contribution in [3.63, 3.8) is 0 Å². The smallest absolute Gasteiger partial charge is 0.270 e. The number of pyridine rings is 2. The zero-order valence-corrected chi connectivity index (χ0v) is 14.2. The predicted molar refractivity (Wildman–Crippen MR) is 91.5 cm³/mol. The van der Waals surface area contributed by atoms with Gasteiger partial charge in [-0.3, -0.25) is 9.20 Å². The van der Waals surface area contributed by atoms with Crippen molar-refractivity contribution in [2.45, 2.75) is 20.4 Å². The summed E-state index contributed by atoms with van der Waals surface area (Å²) in [5.41, 5.74) is 2.65. The van der Waals surface area contributed by atoms with Crippen LogP contribution in [0.15, 0.2) is 36.7 Å². The molecular formula is C17H17ClN4O2. The Morgan fingerprint density at radius 2 is 2.21 bits per heavy atom. The SMILES string of the molecule is CCOc1cccn2c(C(=O)NCc3ccc(Cl)nc3)c(C)nc12. The van der Waals surface area contributed by atoms with Crippen molar-refractivity contribution >= 4 is 23.2 Å². The molecule has 0 bridgehead atoms. The molecule has 0 spiro atoms. The van der Waals surface area contributed by atoms with E-state index in [1.54, 1.807) is 22.9 Å². The van der Waals surface area contributed by atoms with Gasteiger partial charge in [0.1, 0.15) is 10.8 Å². The van der Waals surface area contributed by atoms with Crippen LogP contribution in [0, 0.1) is 6.92 Å². The summed E-state index contributed by atoms with van der Waals surface area (Å²) in [6.07, 6.45) is 3.44. The second-order valence-electron chi connectivity index (χ2n) is 5.22. The van der Waals surface area contributed by atoms with Gasteiger partial charge < -0.3 is 10.1 Å². The van der Waals surface area contributed by atoms with Crippen molar-refractivity contribution in [1.29, 1.82) is 0 Å². The predicted octanol–water partition coefficient (Wildman–Crippen LogP) is 3.02. The summed E-state index contributed by atoms with van der Waals surface area (Å²) in [7, 11) is 0. The standard InChI is InChI=1S/C17H17ClN4O2/c1-3-24-13-5-4-8-22-15(11(2)21-16(13)22)17(23)20-10-12-6-7-14(18)19-9-12/h4-9H,3,10H2,1-2H3,(H,20,23). The minimum Gasteiger partial charge on any atom is -0.490 e. The minimum absolute atomic E-state index is 0.205. The molecule has 3 aromatic rings. The van der Waals surface area contributed by atoms with Gasteiger partial charge in [-0.05, 0) is 37.6 Å². The lowest BCUT2D eigenvalue weighted by molar-refractivity contribution is 0.0944. The second kappa shape index (κ2) is 6.88. The zero-order valence-electron chi connectivity index (χ0n) is 13.4. The van der Waals surface area contributed by atoms with Crippen molar-refractivity contribution in [3.05, 3.63) is 58.8 Å². The minimum atomic E-state index is -0.205. The van der Waals surface area contributed by atoms with Gasteiger partial charge in [0.05, 0.1) is 12.3 Å². The van der Waals surface area contributed by atoms with Gasteiger partial charge in [0.2, 0.25) is 0 Å². The number of halogens is 1. The quantitative estimate of drug-likeness (QED) is 0.722. The highest BCUT2D eigenvalue weighted by molar-refractivity contribution is 6.29. The van der Waals surface area contributed by atoms with Crippen LogP contribution < -0.4 is 10.1 Å². The number of aryl methyl sites for hydroxylation is 1. The summed E-state index contributed by atoms with van der Waals surface area (Å²) in [6, 6.07) is 7.19. The molecule has 0 aliphatic carbocycles. The van der Waals surface area contributed by atoms with Crippen LogP contribution in [0.1, 0.15) is 28.7 Å². The van der Waals surface area contributed by atoms with E-state index in [1.807, 2.05) is 32.0 Å². The first kappa shape index (κ1) is 16.3. The lowest BCUT2D eigenvalue weighted by Gasteiger charge is -2.07. The topological polar surface area (TPSA) is 68.5 Å². The third-order valence-electron chi connectivity index (χ3n) is 3.55. The molecule has 0 fully saturated rings. The molecule has 0 aliphatic rings. The van der Waals surface area contributed by atoms with Crippen molar-refractivity contribution in [2.75, 3.05) is 6.61 Å². The molecule has 6 nitrogen and oxygen atoms in total. The van der Waals surface area contributed by atoms with E-state index in [0.29, 0.717) is 41.1 Å². The van der Waals surface area contributed by atoms with Crippen LogP contribution >= 0.6 is 11.6 Å². The van der Waals surface area contributed by atoms with Gasteiger partial charge >= 0.3 is 0 Å². The van der Waals surface area contributed by atoms with E-state index in [9.17, 15) is 4.79 Å². The van der Waals surface area contributed by atoms with Crippen molar-refractivity contribution in [3.8, 4) is 5.75 Å². The van der Waals surface area contributed by atoms with Crippen LogP contribution in [0.5, 0.6) is 5.75 Å². The van der Waals surface area contributed by atoms with E-state index in [4.69, 9.17) is 16.3 Å². The van der Waals surface area contributed by atoms with Gasteiger partial charge in [-0.2, -0.15) is 0 Å². The molecule has 124 valence electrons. The van der Waals surface area contributed by atoms with Crippen LogP contribution in [0.2, 0.25) is 5.15 Å². The molecule has 0 aromatic carbocycles. The summed E-state index contributed by atoms with van der Waals surface area (Å²) in [5, 5.41) is 3.30. The van der Waals surface area contributed by atoms with Gasteiger partial charge in [-0.25, -0.2) is 9.97 Å². The Labute approximate surface area is 144 Å². The number of amides is 1. The molecule has 3 heterocycles. The molecule has 0 radical (unpaired) electrons. The third-order valence-corrected chi connectivity index (χ3v) is 3.77. The van der Waals surface area contributed by atoms with Gasteiger partial charge in [-0.15, -0.1) is 0 Å². The number of nitrogens with one attached hydrogen (secondary N) is 1. The summed E-state index contributed by atoms with van der Waals surface area (Å²) in [6.45, 7) is 4.62. The Morgan fingerprint density at radius 1 is 1.38 bits per heavy atom. The second-order valence-corrected chi connectivity index (χ2v) is 5.60. The first-order valence-corrected chi connectivity index (χ1v) is 7.97. The molecule has 0 saturated carbocycles. The molecule has 0 atom stereocenters. The normalized spacial score (nSPS) is 10.8.